The van der Waals surface area contributed by atoms with Crippen LogP contribution in [-0.2, 0) is 15.8 Å². The number of benzene rings is 2. The quantitative estimate of drug-likeness (QED) is 0.341. The van der Waals surface area contributed by atoms with Gasteiger partial charge in [-0.15, -0.1) is 0 Å². The number of carbonyl (C=O) groups is 3. The number of carboxylic acids is 1. The first-order valence-electron chi connectivity index (χ1n) is 14.0. The molecule has 2 bridgehead atoms. The molecule has 3 N–H and O–H groups in total. The molecule has 0 spiro atoms. The molecule has 3 aliphatic carbocycles. The average molecular weight is 593 g/mol. The molecule has 0 aliphatic heterocycles. The van der Waals surface area contributed by atoms with Crippen molar-refractivity contribution in [2.45, 2.75) is 63.3 Å². The van der Waals surface area contributed by atoms with E-state index in [-0.39, 0.29) is 34.6 Å². The van der Waals surface area contributed by atoms with Crippen molar-refractivity contribution in [2.75, 3.05) is 12.4 Å². The van der Waals surface area contributed by atoms with E-state index in [9.17, 15) is 37.1 Å². The van der Waals surface area contributed by atoms with Gasteiger partial charge in [0.25, 0.3) is 5.91 Å². The second-order valence-electron chi connectivity index (χ2n) is 11.3. The summed E-state index contributed by atoms with van der Waals surface area (Å²) >= 11 is 0. The first-order valence-corrected chi connectivity index (χ1v) is 14.0. The molecule has 8 nitrogen and oxygen atoms in total. The molecule has 2 amide bonds. The lowest BCUT2D eigenvalue weighted by atomic mass is 9.83. The zero-order valence-corrected chi connectivity index (χ0v) is 22.9. The zero-order valence-electron chi connectivity index (χ0n) is 22.9. The number of alkyl halides is 3. The molecule has 0 heterocycles. The van der Waals surface area contributed by atoms with Crippen LogP contribution in [0.2, 0.25) is 0 Å². The molecular weight excluding hydrogens is 560 g/mol. The number of ether oxygens (including phenoxy) is 2. The molecule has 3 aliphatic rings. The molecule has 5 rings (SSSR count). The van der Waals surface area contributed by atoms with Crippen LogP contribution in [0.5, 0.6) is 11.5 Å². The van der Waals surface area contributed by atoms with E-state index in [2.05, 4.69) is 10.6 Å². The highest BCUT2D eigenvalue weighted by Gasteiger charge is 2.51. The van der Waals surface area contributed by atoms with Gasteiger partial charge in [-0.3, -0.25) is 14.4 Å². The van der Waals surface area contributed by atoms with Gasteiger partial charge < -0.3 is 25.2 Å². The predicted molar refractivity (Wildman–Crippen MR) is 143 cm³/mol. The number of carbonyl (C=O) groups excluding carboxylic acids is 2. The summed E-state index contributed by atoms with van der Waals surface area (Å²) in [5.74, 6) is -4.02. The lowest BCUT2D eigenvalue weighted by Gasteiger charge is -2.31. The lowest BCUT2D eigenvalue weighted by Crippen LogP contribution is -2.48. The van der Waals surface area contributed by atoms with Crippen molar-refractivity contribution < 1.29 is 46.5 Å². The van der Waals surface area contributed by atoms with Crippen LogP contribution in [0.3, 0.4) is 0 Å². The van der Waals surface area contributed by atoms with Gasteiger partial charge in [0.2, 0.25) is 5.91 Å². The average Bonchev–Trinajstić information content (AvgIpc) is 3.56. The molecule has 42 heavy (non-hydrogen) atoms. The Morgan fingerprint density at radius 2 is 1.67 bits per heavy atom. The van der Waals surface area contributed by atoms with Gasteiger partial charge in [-0.25, -0.2) is 4.39 Å². The third-order valence-electron chi connectivity index (χ3n) is 8.79. The van der Waals surface area contributed by atoms with Gasteiger partial charge in [-0.2, -0.15) is 13.2 Å². The van der Waals surface area contributed by atoms with Crippen LogP contribution < -0.4 is 20.1 Å². The van der Waals surface area contributed by atoms with Crippen molar-refractivity contribution in [3.05, 3.63) is 53.3 Å². The molecule has 2 aromatic rings. The Morgan fingerprint density at radius 3 is 2.33 bits per heavy atom. The van der Waals surface area contributed by atoms with Crippen LogP contribution >= 0.6 is 0 Å². The van der Waals surface area contributed by atoms with E-state index < -0.39 is 59.3 Å². The highest BCUT2D eigenvalue weighted by molar-refractivity contribution is 5.99. The molecule has 226 valence electrons. The Morgan fingerprint density at radius 1 is 0.952 bits per heavy atom. The van der Waals surface area contributed by atoms with Gasteiger partial charge in [0.05, 0.1) is 36.2 Å². The molecule has 0 saturated heterocycles. The number of aliphatic carboxylic acids is 1. The van der Waals surface area contributed by atoms with Gasteiger partial charge in [-0.05, 0) is 81.0 Å². The lowest BCUT2D eigenvalue weighted by molar-refractivity contribution is -0.143. The number of hydrogen-bond acceptors (Lipinski definition) is 5. The van der Waals surface area contributed by atoms with E-state index >= 15 is 0 Å². The summed E-state index contributed by atoms with van der Waals surface area (Å²) in [4.78, 5) is 38.1. The summed E-state index contributed by atoms with van der Waals surface area (Å²) in [6, 6.07) is 6.11. The number of halogens is 4. The molecule has 0 aromatic heterocycles. The summed E-state index contributed by atoms with van der Waals surface area (Å²) in [5.41, 5.74) is -0.857. The minimum absolute atomic E-state index is 0.00259. The normalized spacial score (nSPS) is 26.9. The van der Waals surface area contributed by atoms with Gasteiger partial charge in [0.1, 0.15) is 5.75 Å². The number of fused-ring (bicyclic) bond motifs is 2. The third-order valence-corrected chi connectivity index (χ3v) is 8.79. The minimum atomic E-state index is -4.56. The van der Waals surface area contributed by atoms with Crippen LogP contribution in [0.15, 0.2) is 36.4 Å². The highest BCUT2D eigenvalue weighted by Crippen LogP contribution is 2.49. The van der Waals surface area contributed by atoms with Crippen molar-refractivity contribution in [1.29, 1.82) is 0 Å². The van der Waals surface area contributed by atoms with Crippen LogP contribution in [0.4, 0.5) is 23.2 Å². The first-order chi connectivity index (χ1) is 19.9. The van der Waals surface area contributed by atoms with E-state index in [1.807, 2.05) is 0 Å². The number of methoxy groups -OCH3 is 1. The van der Waals surface area contributed by atoms with Crippen molar-refractivity contribution in [3.63, 3.8) is 0 Å². The number of nitrogens with one attached hydrogen (secondary N) is 2. The van der Waals surface area contributed by atoms with Crippen LogP contribution in [0, 0.1) is 29.5 Å². The number of amides is 2. The van der Waals surface area contributed by atoms with Gasteiger partial charge in [0.15, 0.2) is 11.6 Å². The Labute approximate surface area is 239 Å². The van der Waals surface area contributed by atoms with E-state index in [0.29, 0.717) is 32.1 Å². The maximum absolute atomic E-state index is 14.9. The van der Waals surface area contributed by atoms with Crippen molar-refractivity contribution in [2.24, 2.45) is 23.7 Å². The summed E-state index contributed by atoms with van der Waals surface area (Å²) in [6.45, 7) is 0. The molecular formula is C30H32F4N2O6. The molecule has 12 heteroatoms. The fourth-order valence-corrected chi connectivity index (χ4v) is 6.68. The molecule has 4 atom stereocenters. The summed E-state index contributed by atoms with van der Waals surface area (Å²) in [6.07, 6.45) is -1.06. The minimum Gasteiger partial charge on any atom is -0.496 e. The second kappa shape index (κ2) is 11.8. The summed E-state index contributed by atoms with van der Waals surface area (Å²) in [7, 11) is 1.29. The first kappa shape index (κ1) is 29.7. The Bertz CT molecular complexity index is 1360. The number of carboxylic acid groups (broad SMARTS) is 1. The second-order valence-corrected chi connectivity index (χ2v) is 11.3. The van der Waals surface area contributed by atoms with E-state index in [1.165, 1.54) is 25.3 Å². The topological polar surface area (TPSA) is 114 Å². The Hall–Kier alpha value is -3.83. The smallest absolute Gasteiger partial charge is 0.416 e. The van der Waals surface area contributed by atoms with Crippen LogP contribution in [0.25, 0.3) is 0 Å². The molecule has 0 unspecified atom stereocenters. The number of hydrogen-bond donors (Lipinski definition) is 3. The van der Waals surface area contributed by atoms with Crippen molar-refractivity contribution >= 4 is 23.5 Å². The Balaban J connectivity index is 1.31. The van der Waals surface area contributed by atoms with E-state index in [1.54, 1.807) is 0 Å². The molecule has 3 fully saturated rings. The maximum Gasteiger partial charge on any atom is 0.416 e. The summed E-state index contributed by atoms with van der Waals surface area (Å²) < 4.78 is 65.5. The van der Waals surface area contributed by atoms with Gasteiger partial charge in [0, 0.05) is 17.8 Å². The molecule has 3 saturated carbocycles. The predicted octanol–water partition coefficient (Wildman–Crippen LogP) is 5.66. The van der Waals surface area contributed by atoms with Crippen LogP contribution in [0.1, 0.15) is 60.9 Å². The zero-order chi connectivity index (χ0) is 30.2. The summed E-state index contributed by atoms with van der Waals surface area (Å²) in [5, 5.41) is 14.7. The van der Waals surface area contributed by atoms with Gasteiger partial charge in [-0.1, -0.05) is 6.07 Å². The standard InChI is InChI=1S/C30H32F4N2O6/c1-41-23-14-22(31)24(42-20-9-7-15(8-10-20)29(39)40)13-21(23)27(37)36-26-17-6-5-16(11-17)25(26)28(38)35-19-4-2-3-18(12-19)30(32,33)34/h2-4,12-17,20,25-26H,5-11H2,1H3,(H,35,38)(H,36,37)(H,39,40)/t15?,16-,17+,20?,25+,26-/m1/s1. The third kappa shape index (κ3) is 6.17. The maximum atomic E-state index is 14.9. The van der Waals surface area contributed by atoms with Crippen LogP contribution in [-0.4, -0.2) is 42.1 Å². The highest BCUT2D eigenvalue weighted by atomic mass is 19.4. The van der Waals surface area contributed by atoms with Crippen molar-refractivity contribution in [3.8, 4) is 11.5 Å². The van der Waals surface area contributed by atoms with E-state index in [0.717, 1.165) is 31.0 Å². The number of rotatable bonds is 8. The van der Waals surface area contributed by atoms with Crippen molar-refractivity contribution in [1.82, 2.24) is 5.32 Å². The fraction of sp³-hybridized carbons (Fsp3) is 0.500. The number of anilines is 1. The fourth-order valence-electron chi connectivity index (χ4n) is 6.68. The van der Waals surface area contributed by atoms with Gasteiger partial charge >= 0.3 is 12.1 Å². The molecule has 2 aromatic carbocycles. The Kier molecular flexibility index (Phi) is 8.34. The SMILES string of the molecule is COc1cc(F)c(OC2CCC(C(=O)O)CC2)cc1C(=O)N[C@@H]1[C@H]2CC[C@H](C2)[C@@H]1C(=O)Nc1cccc(C(F)(F)F)c1. The van der Waals surface area contributed by atoms with E-state index in [4.69, 9.17) is 9.47 Å². The largest absolute Gasteiger partial charge is 0.496 e. The molecule has 0 radical (unpaired) electrons. The monoisotopic (exact) mass is 592 g/mol.